The predicted octanol–water partition coefficient (Wildman–Crippen LogP) is 2.76. The van der Waals surface area contributed by atoms with Crippen LogP contribution in [0.15, 0.2) is 24.3 Å². The van der Waals surface area contributed by atoms with E-state index in [2.05, 4.69) is 6.58 Å². The summed E-state index contributed by atoms with van der Waals surface area (Å²) in [6.07, 6.45) is 0. The highest BCUT2D eigenvalue weighted by molar-refractivity contribution is 6.30. The molecule has 0 unspecified atom stereocenters. The number of hydrogen-bond donors (Lipinski definition) is 1. The zero-order valence-electron chi connectivity index (χ0n) is 9.55. The van der Waals surface area contributed by atoms with Gasteiger partial charge in [-0.05, 0) is 18.6 Å². The van der Waals surface area contributed by atoms with Crippen molar-refractivity contribution in [3.8, 4) is 11.5 Å². The molecule has 0 aliphatic rings. The Kier molecular flexibility index (Phi) is 4.65. The van der Waals surface area contributed by atoms with E-state index in [1.807, 2.05) is 6.92 Å². The van der Waals surface area contributed by atoms with Crippen molar-refractivity contribution in [3.05, 3.63) is 34.9 Å². The van der Waals surface area contributed by atoms with Crippen LogP contribution in [0.5, 0.6) is 11.5 Å². The third-order valence-corrected chi connectivity index (χ3v) is 2.22. The van der Waals surface area contributed by atoms with Crippen molar-refractivity contribution in [1.82, 2.24) is 0 Å². The van der Waals surface area contributed by atoms with Crippen LogP contribution < -0.4 is 15.2 Å². The van der Waals surface area contributed by atoms with E-state index < -0.39 is 0 Å². The maximum atomic E-state index is 5.93. The van der Waals surface area contributed by atoms with Crippen LogP contribution in [0.25, 0.3) is 0 Å². The first-order valence-electron chi connectivity index (χ1n) is 4.92. The van der Waals surface area contributed by atoms with Gasteiger partial charge in [-0.25, -0.2) is 0 Å². The number of nitrogens with two attached hydrogens (primary N) is 1. The summed E-state index contributed by atoms with van der Waals surface area (Å²) < 4.78 is 10.8. The maximum absolute atomic E-state index is 5.93. The third kappa shape index (κ3) is 3.15. The van der Waals surface area contributed by atoms with Gasteiger partial charge in [0.25, 0.3) is 0 Å². The van der Waals surface area contributed by atoms with Crippen molar-refractivity contribution in [1.29, 1.82) is 0 Å². The molecule has 0 aliphatic heterocycles. The predicted molar refractivity (Wildman–Crippen MR) is 66.2 cm³/mol. The second-order valence-electron chi connectivity index (χ2n) is 3.55. The van der Waals surface area contributed by atoms with E-state index in [-0.39, 0.29) is 0 Å². The van der Waals surface area contributed by atoms with Crippen LogP contribution in [0, 0.1) is 0 Å². The molecular formula is C12H16ClNO2. The lowest BCUT2D eigenvalue weighted by atomic mass is 10.2. The van der Waals surface area contributed by atoms with Gasteiger partial charge in [-0.3, -0.25) is 0 Å². The zero-order chi connectivity index (χ0) is 12.1. The van der Waals surface area contributed by atoms with Gasteiger partial charge in [-0.2, -0.15) is 0 Å². The van der Waals surface area contributed by atoms with Gasteiger partial charge in [0.1, 0.15) is 6.61 Å². The normalized spacial score (nSPS) is 10.0. The molecule has 16 heavy (non-hydrogen) atoms. The second kappa shape index (κ2) is 5.77. The number of methoxy groups -OCH3 is 1. The lowest BCUT2D eigenvalue weighted by Crippen LogP contribution is -2.06. The molecule has 0 fully saturated rings. The molecule has 0 spiro atoms. The molecule has 0 bridgehead atoms. The summed E-state index contributed by atoms with van der Waals surface area (Å²) >= 11 is 5.93. The van der Waals surface area contributed by atoms with Gasteiger partial charge in [-0.1, -0.05) is 18.2 Å². The summed E-state index contributed by atoms with van der Waals surface area (Å²) in [5.74, 6) is 1.23. The van der Waals surface area contributed by atoms with Crippen LogP contribution in [-0.2, 0) is 6.54 Å². The van der Waals surface area contributed by atoms with Crippen LogP contribution in [0.4, 0.5) is 0 Å². The van der Waals surface area contributed by atoms with Crippen molar-refractivity contribution in [2.24, 2.45) is 5.73 Å². The molecule has 0 amide bonds. The highest BCUT2D eigenvalue weighted by Crippen LogP contribution is 2.34. The number of ether oxygens (including phenoxy) is 2. The van der Waals surface area contributed by atoms with Gasteiger partial charge < -0.3 is 15.2 Å². The van der Waals surface area contributed by atoms with Gasteiger partial charge in [0.05, 0.1) is 7.11 Å². The fourth-order valence-corrected chi connectivity index (χ4v) is 1.52. The molecule has 1 aromatic carbocycles. The number of benzene rings is 1. The van der Waals surface area contributed by atoms with E-state index in [0.29, 0.717) is 29.7 Å². The van der Waals surface area contributed by atoms with E-state index in [4.69, 9.17) is 26.8 Å². The van der Waals surface area contributed by atoms with Gasteiger partial charge >= 0.3 is 0 Å². The first kappa shape index (κ1) is 12.9. The Morgan fingerprint density at radius 2 is 2.19 bits per heavy atom. The molecule has 0 aliphatic carbocycles. The second-order valence-corrected chi connectivity index (χ2v) is 3.98. The fourth-order valence-electron chi connectivity index (χ4n) is 1.29. The van der Waals surface area contributed by atoms with Crippen LogP contribution >= 0.6 is 11.6 Å². The molecule has 88 valence electrons. The number of hydrogen-bond acceptors (Lipinski definition) is 3. The van der Waals surface area contributed by atoms with Crippen molar-refractivity contribution in [3.63, 3.8) is 0 Å². The lowest BCUT2D eigenvalue weighted by Gasteiger charge is -2.14. The minimum atomic E-state index is 0.350. The van der Waals surface area contributed by atoms with Crippen molar-refractivity contribution >= 4 is 11.6 Å². The van der Waals surface area contributed by atoms with Gasteiger partial charge in [0.2, 0.25) is 0 Å². The topological polar surface area (TPSA) is 44.5 Å². The molecule has 4 heteroatoms. The molecule has 0 saturated heterocycles. The van der Waals surface area contributed by atoms with E-state index >= 15 is 0 Å². The van der Waals surface area contributed by atoms with Gasteiger partial charge in [-0.15, -0.1) is 0 Å². The molecule has 0 radical (unpaired) electrons. The SMILES string of the molecule is C=C(C)COc1c(CN)cc(Cl)cc1OC. The third-order valence-electron chi connectivity index (χ3n) is 2.00. The maximum Gasteiger partial charge on any atom is 0.166 e. The summed E-state index contributed by atoms with van der Waals surface area (Å²) in [5, 5.41) is 0.583. The Balaban J connectivity index is 3.06. The van der Waals surface area contributed by atoms with Crippen molar-refractivity contribution in [2.75, 3.05) is 13.7 Å². The largest absolute Gasteiger partial charge is 0.493 e. The van der Waals surface area contributed by atoms with Crippen LogP contribution in [0.2, 0.25) is 5.02 Å². The molecule has 2 N–H and O–H groups in total. The minimum absolute atomic E-state index is 0.350. The molecule has 0 aromatic heterocycles. The van der Waals surface area contributed by atoms with Crippen LogP contribution in [-0.4, -0.2) is 13.7 Å². The number of rotatable bonds is 5. The monoisotopic (exact) mass is 241 g/mol. The van der Waals surface area contributed by atoms with Crippen molar-refractivity contribution in [2.45, 2.75) is 13.5 Å². The smallest absolute Gasteiger partial charge is 0.166 e. The van der Waals surface area contributed by atoms with Crippen LogP contribution in [0.3, 0.4) is 0 Å². The first-order chi connectivity index (χ1) is 7.58. The fraction of sp³-hybridized carbons (Fsp3) is 0.333. The molecule has 1 rings (SSSR count). The van der Waals surface area contributed by atoms with Crippen LogP contribution in [0.1, 0.15) is 12.5 Å². The highest BCUT2D eigenvalue weighted by Gasteiger charge is 2.11. The Hall–Kier alpha value is -1.19. The minimum Gasteiger partial charge on any atom is -0.493 e. The molecule has 3 nitrogen and oxygen atoms in total. The number of halogens is 1. The van der Waals surface area contributed by atoms with E-state index in [1.54, 1.807) is 19.2 Å². The Bertz CT molecular complexity index is 366. The first-order valence-corrected chi connectivity index (χ1v) is 5.30. The van der Waals surface area contributed by atoms with E-state index in [9.17, 15) is 0 Å². The van der Waals surface area contributed by atoms with Gasteiger partial charge in [0, 0.05) is 23.2 Å². The standard InChI is InChI=1S/C12H16ClNO2/c1-8(2)7-16-12-9(6-14)4-10(13)5-11(12)15-3/h4-5H,1,6-7,14H2,2-3H3. The van der Waals surface area contributed by atoms with Gasteiger partial charge in [0.15, 0.2) is 11.5 Å². The van der Waals surface area contributed by atoms with E-state index in [0.717, 1.165) is 11.1 Å². The zero-order valence-corrected chi connectivity index (χ0v) is 10.3. The molecule has 0 atom stereocenters. The Morgan fingerprint density at radius 3 is 2.69 bits per heavy atom. The average molecular weight is 242 g/mol. The molecule has 0 heterocycles. The average Bonchev–Trinajstić information content (AvgIpc) is 2.25. The van der Waals surface area contributed by atoms with E-state index in [1.165, 1.54) is 0 Å². The summed E-state index contributed by atoms with van der Waals surface area (Å²) in [6.45, 7) is 6.45. The summed E-state index contributed by atoms with van der Waals surface area (Å²) in [6, 6.07) is 3.48. The Morgan fingerprint density at radius 1 is 1.50 bits per heavy atom. The lowest BCUT2D eigenvalue weighted by molar-refractivity contribution is 0.316. The van der Waals surface area contributed by atoms with Crippen molar-refractivity contribution < 1.29 is 9.47 Å². The summed E-state index contributed by atoms with van der Waals surface area (Å²) in [7, 11) is 1.57. The molecular weight excluding hydrogens is 226 g/mol. The quantitative estimate of drug-likeness (QED) is 0.807. The molecule has 1 aromatic rings. The summed E-state index contributed by atoms with van der Waals surface area (Å²) in [4.78, 5) is 0. The summed E-state index contributed by atoms with van der Waals surface area (Å²) in [5.41, 5.74) is 7.39. The highest BCUT2D eigenvalue weighted by atomic mass is 35.5. The Labute approximate surface area is 101 Å². The molecule has 0 saturated carbocycles.